The fraction of sp³-hybridized carbons (Fsp3) is 0.375. The lowest BCUT2D eigenvalue weighted by Gasteiger charge is -2.28. The highest BCUT2D eigenvalue weighted by atomic mass is 32.2. The number of hydrogen-bond donors (Lipinski definition) is 2. The number of rotatable bonds is 4. The Hall–Kier alpha value is -2.15. The average molecular weight is 331 g/mol. The van der Waals surface area contributed by atoms with E-state index in [1.165, 1.54) is 17.2 Å². The second-order valence-corrected chi connectivity index (χ2v) is 6.63. The van der Waals surface area contributed by atoms with Gasteiger partial charge in [-0.2, -0.15) is 11.8 Å². The Bertz CT molecular complexity index is 649. The van der Waals surface area contributed by atoms with E-state index >= 15 is 0 Å². The van der Waals surface area contributed by atoms with Gasteiger partial charge in [-0.15, -0.1) is 0 Å². The first-order chi connectivity index (χ1) is 11.2. The molecule has 0 aliphatic carbocycles. The van der Waals surface area contributed by atoms with Crippen LogP contribution < -0.4 is 15.5 Å². The summed E-state index contributed by atoms with van der Waals surface area (Å²) in [7, 11) is 1.90. The molecule has 1 saturated heterocycles. The van der Waals surface area contributed by atoms with E-state index in [4.69, 9.17) is 0 Å². The minimum absolute atomic E-state index is 0.227. The first-order valence-electron chi connectivity index (χ1n) is 7.66. The van der Waals surface area contributed by atoms with Crippen LogP contribution in [0, 0.1) is 0 Å². The van der Waals surface area contributed by atoms with Crippen molar-refractivity contribution in [2.45, 2.75) is 6.54 Å². The highest BCUT2D eigenvalue weighted by molar-refractivity contribution is 7.99. The molecule has 2 aromatic rings. The van der Waals surface area contributed by atoms with E-state index in [1.54, 1.807) is 6.20 Å². The number of urea groups is 1. The highest BCUT2D eigenvalue weighted by Gasteiger charge is 2.11. The minimum Gasteiger partial charge on any atom is -0.370 e. The molecule has 3 rings (SSSR count). The van der Waals surface area contributed by atoms with Crippen LogP contribution in [0.2, 0.25) is 0 Å². The van der Waals surface area contributed by atoms with Gasteiger partial charge in [0.1, 0.15) is 5.82 Å². The van der Waals surface area contributed by atoms with Crippen molar-refractivity contribution in [1.29, 1.82) is 0 Å². The van der Waals surface area contributed by atoms with Gasteiger partial charge < -0.3 is 20.1 Å². The van der Waals surface area contributed by atoms with Crippen LogP contribution in [0.3, 0.4) is 0 Å². The van der Waals surface area contributed by atoms with Gasteiger partial charge in [0.15, 0.2) is 0 Å². The number of aryl methyl sites for hydroxylation is 1. The lowest BCUT2D eigenvalue weighted by molar-refractivity contribution is 0.251. The lowest BCUT2D eigenvalue weighted by atomic mass is 10.2. The SMILES string of the molecule is Cn1ccnc1CNC(=O)Nc1ccc(N2CCSCC2)cc1. The maximum absolute atomic E-state index is 11.9. The normalized spacial score (nSPS) is 14.6. The Labute approximate surface area is 140 Å². The third-order valence-electron chi connectivity index (χ3n) is 3.83. The molecule has 6 nitrogen and oxygen atoms in total. The van der Waals surface area contributed by atoms with E-state index in [1.807, 2.05) is 41.7 Å². The Balaban J connectivity index is 1.51. The van der Waals surface area contributed by atoms with E-state index in [0.29, 0.717) is 6.54 Å². The summed E-state index contributed by atoms with van der Waals surface area (Å²) in [6.45, 7) is 2.57. The summed E-state index contributed by atoms with van der Waals surface area (Å²) < 4.78 is 1.88. The minimum atomic E-state index is -0.227. The number of imidazole rings is 1. The van der Waals surface area contributed by atoms with Crippen LogP contribution in [0.5, 0.6) is 0 Å². The van der Waals surface area contributed by atoms with Gasteiger partial charge >= 0.3 is 6.03 Å². The van der Waals surface area contributed by atoms with Crippen LogP contribution in [0.25, 0.3) is 0 Å². The van der Waals surface area contributed by atoms with E-state index in [9.17, 15) is 4.79 Å². The molecule has 0 spiro atoms. The molecule has 1 fully saturated rings. The molecule has 23 heavy (non-hydrogen) atoms. The molecule has 0 unspecified atom stereocenters. The predicted molar refractivity (Wildman–Crippen MR) is 95.0 cm³/mol. The number of amides is 2. The molecular formula is C16H21N5OS. The Morgan fingerprint density at radius 1 is 1.26 bits per heavy atom. The number of aromatic nitrogens is 2. The first-order valence-corrected chi connectivity index (χ1v) is 8.81. The Morgan fingerprint density at radius 3 is 2.65 bits per heavy atom. The summed E-state index contributed by atoms with van der Waals surface area (Å²) in [4.78, 5) is 18.5. The van der Waals surface area contributed by atoms with Gasteiger partial charge in [-0.05, 0) is 24.3 Å². The van der Waals surface area contributed by atoms with Crippen molar-refractivity contribution in [2.75, 3.05) is 34.8 Å². The number of anilines is 2. The average Bonchev–Trinajstić information content (AvgIpc) is 3.00. The third kappa shape index (κ3) is 4.19. The third-order valence-corrected chi connectivity index (χ3v) is 4.77. The molecule has 0 atom stereocenters. The van der Waals surface area contributed by atoms with Crippen LogP contribution in [0.15, 0.2) is 36.7 Å². The van der Waals surface area contributed by atoms with Crippen molar-refractivity contribution in [3.63, 3.8) is 0 Å². The second kappa shape index (κ2) is 7.41. The van der Waals surface area contributed by atoms with Gasteiger partial charge in [0.05, 0.1) is 6.54 Å². The Morgan fingerprint density at radius 2 is 2.00 bits per heavy atom. The molecule has 2 heterocycles. The number of nitrogens with zero attached hydrogens (tertiary/aromatic N) is 3. The van der Waals surface area contributed by atoms with Crippen LogP contribution in [-0.4, -0.2) is 40.2 Å². The summed E-state index contributed by atoms with van der Waals surface area (Å²) in [5.74, 6) is 3.17. The first kappa shape index (κ1) is 15.7. The van der Waals surface area contributed by atoms with Gasteiger partial charge in [0.2, 0.25) is 0 Å². The zero-order valence-corrected chi connectivity index (χ0v) is 14.0. The zero-order valence-electron chi connectivity index (χ0n) is 13.2. The molecule has 7 heteroatoms. The largest absolute Gasteiger partial charge is 0.370 e. The standard InChI is InChI=1S/C16H21N5OS/c1-20-7-6-17-15(20)12-18-16(22)19-13-2-4-14(5-3-13)21-8-10-23-11-9-21/h2-7H,8-12H2,1H3,(H2,18,19,22). The summed E-state index contributed by atoms with van der Waals surface area (Å²) in [5, 5.41) is 5.65. The summed E-state index contributed by atoms with van der Waals surface area (Å²) in [6.07, 6.45) is 3.57. The topological polar surface area (TPSA) is 62.2 Å². The van der Waals surface area contributed by atoms with Gasteiger partial charge in [-0.25, -0.2) is 9.78 Å². The predicted octanol–water partition coefficient (Wildman–Crippen LogP) is 2.29. The lowest BCUT2D eigenvalue weighted by Crippen LogP contribution is -2.32. The van der Waals surface area contributed by atoms with Crippen molar-refractivity contribution < 1.29 is 4.79 Å². The van der Waals surface area contributed by atoms with Crippen LogP contribution in [0.4, 0.5) is 16.2 Å². The van der Waals surface area contributed by atoms with Crippen molar-refractivity contribution in [3.8, 4) is 0 Å². The van der Waals surface area contributed by atoms with E-state index in [0.717, 1.165) is 24.6 Å². The van der Waals surface area contributed by atoms with Gasteiger partial charge in [0, 0.05) is 55.4 Å². The molecule has 1 aromatic heterocycles. The van der Waals surface area contributed by atoms with Crippen molar-refractivity contribution in [1.82, 2.24) is 14.9 Å². The van der Waals surface area contributed by atoms with Crippen LogP contribution >= 0.6 is 11.8 Å². The summed E-state index contributed by atoms with van der Waals surface area (Å²) >= 11 is 2.00. The number of hydrogen-bond acceptors (Lipinski definition) is 4. The molecule has 1 aromatic carbocycles. The van der Waals surface area contributed by atoms with Crippen LogP contribution in [-0.2, 0) is 13.6 Å². The molecule has 0 bridgehead atoms. The van der Waals surface area contributed by atoms with Crippen LogP contribution in [0.1, 0.15) is 5.82 Å². The number of benzene rings is 1. The summed E-state index contributed by atoms with van der Waals surface area (Å²) in [6, 6.07) is 7.78. The number of carbonyl (C=O) groups is 1. The van der Waals surface area contributed by atoms with Crippen molar-refractivity contribution in [2.24, 2.45) is 7.05 Å². The molecule has 2 amide bonds. The quantitative estimate of drug-likeness (QED) is 0.902. The fourth-order valence-electron chi connectivity index (χ4n) is 2.48. The number of thioether (sulfide) groups is 1. The Kier molecular flexibility index (Phi) is 5.07. The maximum atomic E-state index is 11.9. The summed E-state index contributed by atoms with van der Waals surface area (Å²) in [5.41, 5.74) is 2.00. The molecule has 0 radical (unpaired) electrons. The number of nitrogens with one attached hydrogen (secondary N) is 2. The van der Waals surface area contributed by atoms with E-state index in [2.05, 4.69) is 32.7 Å². The maximum Gasteiger partial charge on any atom is 0.319 e. The molecular weight excluding hydrogens is 310 g/mol. The molecule has 0 saturated carbocycles. The van der Waals surface area contributed by atoms with Gasteiger partial charge in [-0.1, -0.05) is 0 Å². The fourth-order valence-corrected chi connectivity index (χ4v) is 3.38. The zero-order chi connectivity index (χ0) is 16.1. The van der Waals surface area contributed by atoms with Crippen molar-refractivity contribution >= 4 is 29.2 Å². The number of carbonyl (C=O) groups excluding carboxylic acids is 1. The second-order valence-electron chi connectivity index (χ2n) is 5.41. The van der Waals surface area contributed by atoms with Gasteiger partial charge in [0.25, 0.3) is 0 Å². The highest BCUT2D eigenvalue weighted by Crippen LogP contribution is 2.21. The van der Waals surface area contributed by atoms with Crippen molar-refractivity contribution in [3.05, 3.63) is 42.5 Å². The molecule has 122 valence electrons. The smallest absolute Gasteiger partial charge is 0.319 e. The molecule has 1 aliphatic rings. The molecule has 1 aliphatic heterocycles. The van der Waals surface area contributed by atoms with Gasteiger partial charge in [-0.3, -0.25) is 0 Å². The van der Waals surface area contributed by atoms with E-state index in [-0.39, 0.29) is 6.03 Å². The monoisotopic (exact) mass is 331 g/mol. The van der Waals surface area contributed by atoms with E-state index < -0.39 is 0 Å². The molecule has 2 N–H and O–H groups in total.